The fourth-order valence-corrected chi connectivity index (χ4v) is 0.691. The van der Waals surface area contributed by atoms with E-state index < -0.39 is 0 Å². The van der Waals surface area contributed by atoms with E-state index in [2.05, 4.69) is 20.2 Å². The molecular formula is C5H5ClN4. The summed E-state index contributed by atoms with van der Waals surface area (Å²) in [5.74, 6) is 0. The second kappa shape index (κ2) is 2.62. The van der Waals surface area contributed by atoms with E-state index in [9.17, 15) is 0 Å². The van der Waals surface area contributed by atoms with Gasteiger partial charge in [-0.1, -0.05) is 0 Å². The number of halogens is 1. The van der Waals surface area contributed by atoms with Gasteiger partial charge in [0, 0.05) is 0 Å². The van der Waals surface area contributed by atoms with Crippen LogP contribution >= 0.6 is 12.4 Å². The van der Waals surface area contributed by atoms with Crippen LogP contribution in [-0.2, 0) is 0 Å². The van der Waals surface area contributed by atoms with Crippen LogP contribution in [0.25, 0.3) is 11.0 Å². The molecule has 0 unspecified atom stereocenters. The van der Waals surface area contributed by atoms with Crippen LogP contribution in [-0.4, -0.2) is 20.2 Å². The highest BCUT2D eigenvalue weighted by Crippen LogP contribution is 2.00. The van der Waals surface area contributed by atoms with E-state index in [1.165, 1.54) is 6.33 Å². The topological polar surface area (TPSA) is 54.5 Å². The molecule has 0 aromatic carbocycles. The molecule has 0 spiro atoms. The number of H-pyrrole nitrogens is 1. The molecule has 0 saturated heterocycles. The molecule has 0 radical (unpaired) electrons. The first-order valence-corrected chi connectivity index (χ1v) is 2.56. The van der Waals surface area contributed by atoms with Crippen LogP contribution in [0.5, 0.6) is 0 Å². The number of fused-ring (bicyclic) bond motifs is 1. The molecule has 0 saturated carbocycles. The van der Waals surface area contributed by atoms with Crippen LogP contribution in [0.1, 0.15) is 0 Å². The van der Waals surface area contributed by atoms with Gasteiger partial charge in [0.05, 0.1) is 12.4 Å². The molecule has 2 heterocycles. The number of rotatable bonds is 0. The summed E-state index contributed by atoms with van der Waals surface area (Å²) >= 11 is 0. The summed E-state index contributed by atoms with van der Waals surface area (Å²) in [7, 11) is 0. The predicted octanol–water partition coefficient (Wildman–Crippen LogP) is 0.775. The SMILES string of the molecule is Cl.c1ncc2[nH]ncc2n1. The third-order valence-electron chi connectivity index (χ3n) is 1.11. The minimum Gasteiger partial charge on any atom is -0.275 e. The van der Waals surface area contributed by atoms with Gasteiger partial charge in [-0.25, -0.2) is 9.97 Å². The van der Waals surface area contributed by atoms with E-state index in [0.29, 0.717) is 0 Å². The van der Waals surface area contributed by atoms with Gasteiger partial charge < -0.3 is 0 Å². The average Bonchev–Trinajstić information content (AvgIpc) is 2.33. The molecule has 0 aliphatic heterocycles. The van der Waals surface area contributed by atoms with Gasteiger partial charge in [-0.15, -0.1) is 12.4 Å². The van der Waals surface area contributed by atoms with Crippen LogP contribution in [0.3, 0.4) is 0 Å². The molecule has 10 heavy (non-hydrogen) atoms. The summed E-state index contributed by atoms with van der Waals surface area (Å²) in [6.45, 7) is 0. The number of hydrogen-bond acceptors (Lipinski definition) is 3. The Labute approximate surface area is 63.1 Å². The molecule has 5 heteroatoms. The molecule has 0 amide bonds. The van der Waals surface area contributed by atoms with Crippen molar-refractivity contribution in [2.75, 3.05) is 0 Å². The van der Waals surface area contributed by atoms with Crippen molar-refractivity contribution in [3.8, 4) is 0 Å². The standard InChI is InChI=1S/C5H4N4.ClH/c1-5-4(2-8-9-5)7-3-6-1;/h1-3H,(H,8,9);1H. The second-order valence-electron chi connectivity index (χ2n) is 1.69. The summed E-state index contributed by atoms with van der Waals surface area (Å²) in [6.07, 6.45) is 4.85. The maximum Gasteiger partial charge on any atom is 0.116 e. The van der Waals surface area contributed by atoms with E-state index in [-0.39, 0.29) is 12.4 Å². The molecule has 0 aliphatic rings. The van der Waals surface area contributed by atoms with Crippen molar-refractivity contribution in [1.29, 1.82) is 0 Å². The fourth-order valence-electron chi connectivity index (χ4n) is 0.691. The highest BCUT2D eigenvalue weighted by atomic mass is 35.5. The van der Waals surface area contributed by atoms with Crippen LogP contribution in [0.2, 0.25) is 0 Å². The quantitative estimate of drug-likeness (QED) is 0.613. The molecule has 4 nitrogen and oxygen atoms in total. The van der Waals surface area contributed by atoms with Gasteiger partial charge in [0.15, 0.2) is 0 Å². The molecule has 0 fully saturated rings. The largest absolute Gasteiger partial charge is 0.275 e. The van der Waals surface area contributed by atoms with Crippen LogP contribution in [0.4, 0.5) is 0 Å². The van der Waals surface area contributed by atoms with E-state index in [0.717, 1.165) is 11.0 Å². The van der Waals surface area contributed by atoms with Gasteiger partial charge >= 0.3 is 0 Å². The van der Waals surface area contributed by atoms with Crippen LogP contribution < -0.4 is 0 Å². The summed E-state index contributed by atoms with van der Waals surface area (Å²) in [5, 5.41) is 6.52. The number of aromatic nitrogens is 4. The molecule has 52 valence electrons. The summed E-state index contributed by atoms with van der Waals surface area (Å²) in [4.78, 5) is 7.74. The van der Waals surface area contributed by atoms with Crippen molar-refractivity contribution < 1.29 is 0 Å². The Balaban J connectivity index is 0.000000500. The first-order chi connectivity index (χ1) is 4.47. The molecule has 0 bridgehead atoms. The van der Waals surface area contributed by atoms with Gasteiger partial charge in [0.2, 0.25) is 0 Å². The van der Waals surface area contributed by atoms with E-state index in [4.69, 9.17) is 0 Å². The van der Waals surface area contributed by atoms with Crippen LogP contribution in [0, 0.1) is 0 Å². The normalized spacial score (nSPS) is 9.20. The lowest BCUT2D eigenvalue weighted by Crippen LogP contribution is -1.74. The average molecular weight is 157 g/mol. The number of aromatic amines is 1. The van der Waals surface area contributed by atoms with Gasteiger partial charge in [-0.05, 0) is 0 Å². The minimum absolute atomic E-state index is 0. The Bertz CT molecular complexity index is 288. The third-order valence-corrected chi connectivity index (χ3v) is 1.11. The lowest BCUT2D eigenvalue weighted by Gasteiger charge is -1.80. The number of nitrogens with one attached hydrogen (secondary N) is 1. The molecule has 2 aromatic heterocycles. The van der Waals surface area contributed by atoms with Crippen LogP contribution in [0.15, 0.2) is 18.7 Å². The zero-order valence-electron chi connectivity index (χ0n) is 4.98. The van der Waals surface area contributed by atoms with Gasteiger partial charge in [-0.2, -0.15) is 5.10 Å². The molecular weight excluding hydrogens is 152 g/mol. The van der Waals surface area contributed by atoms with E-state index in [1.54, 1.807) is 12.4 Å². The van der Waals surface area contributed by atoms with Crippen molar-refractivity contribution in [3.05, 3.63) is 18.7 Å². The lowest BCUT2D eigenvalue weighted by atomic mass is 10.5. The van der Waals surface area contributed by atoms with Crippen molar-refractivity contribution >= 4 is 23.4 Å². The Morgan fingerprint density at radius 1 is 1.30 bits per heavy atom. The molecule has 1 N–H and O–H groups in total. The van der Waals surface area contributed by atoms with Gasteiger partial charge in [0.1, 0.15) is 17.4 Å². The second-order valence-corrected chi connectivity index (χ2v) is 1.69. The zero-order valence-corrected chi connectivity index (χ0v) is 5.80. The first kappa shape index (κ1) is 6.95. The van der Waals surface area contributed by atoms with Gasteiger partial charge in [-0.3, -0.25) is 5.10 Å². The Kier molecular flexibility index (Phi) is 1.82. The number of hydrogen-bond donors (Lipinski definition) is 1. The minimum atomic E-state index is 0. The molecule has 0 atom stereocenters. The zero-order chi connectivity index (χ0) is 6.10. The molecule has 2 aromatic rings. The Hall–Kier alpha value is -1.16. The lowest BCUT2D eigenvalue weighted by molar-refractivity contribution is 1.11. The molecule has 0 aliphatic carbocycles. The maximum absolute atomic E-state index is 3.94. The highest BCUT2D eigenvalue weighted by molar-refractivity contribution is 5.85. The third kappa shape index (κ3) is 0.930. The fraction of sp³-hybridized carbons (Fsp3) is 0. The monoisotopic (exact) mass is 156 g/mol. The summed E-state index contributed by atoms with van der Waals surface area (Å²) in [6, 6.07) is 0. The van der Waals surface area contributed by atoms with Crippen molar-refractivity contribution in [3.63, 3.8) is 0 Å². The first-order valence-electron chi connectivity index (χ1n) is 2.56. The Morgan fingerprint density at radius 3 is 3.00 bits per heavy atom. The van der Waals surface area contributed by atoms with Crippen molar-refractivity contribution in [2.24, 2.45) is 0 Å². The van der Waals surface area contributed by atoms with Crippen molar-refractivity contribution in [2.45, 2.75) is 0 Å². The Morgan fingerprint density at radius 2 is 2.20 bits per heavy atom. The summed E-state index contributed by atoms with van der Waals surface area (Å²) < 4.78 is 0. The molecule has 2 rings (SSSR count). The summed E-state index contributed by atoms with van der Waals surface area (Å²) in [5.41, 5.74) is 1.72. The van der Waals surface area contributed by atoms with E-state index in [1.807, 2.05) is 0 Å². The smallest absolute Gasteiger partial charge is 0.116 e. The number of nitrogens with zero attached hydrogens (tertiary/aromatic N) is 3. The predicted molar refractivity (Wildman–Crippen MR) is 38.9 cm³/mol. The maximum atomic E-state index is 3.94. The van der Waals surface area contributed by atoms with E-state index >= 15 is 0 Å². The highest BCUT2D eigenvalue weighted by Gasteiger charge is 1.90. The van der Waals surface area contributed by atoms with Crippen molar-refractivity contribution in [1.82, 2.24) is 20.2 Å². The van der Waals surface area contributed by atoms with Gasteiger partial charge in [0.25, 0.3) is 0 Å².